The van der Waals surface area contributed by atoms with Crippen molar-refractivity contribution in [3.05, 3.63) is 35.9 Å². The third-order valence-corrected chi connectivity index (χ3v) is 5.99. The number of rotatable bonds is 5. The Bertz CT molecular complexity index is 605. The maximum Gasteiger partial charge on any atom is 0.193 e. The minimum absolute atomic E-state index is 0. The molecule has 2 saturated heterocycles. The molecule has 4 rings (SSSR count). The number of likely N-dealkylation sites (tertiary alicyclic amines) is 1. The minimum Gasteiger partial charge on any atom is -0.379 e. The second kappa shape index (κ2) is 10.1. The first-order chi connectivity index (χ1) is 12.8. The summed E-state index contributed by atoms with van der Waals surface area (Å²) in [5, 5.41) is 3.52. The van der Waals surface area contributed by atoms with Gasteiger partial charge < -0.3 is 15.0 Å². The number of benzene rings is 1. The van der Waals surface area contributed by atoms with Gasteiger partial charge >= 0.3 is 0 Å². The van der Waals surface area contributed by atoms with E-state index in [1.165, 1.54) is 18.4 Å². The predicted molar refractivity (Wildman–Crippen MR) is 121 cm³/mol. The molecule has 150 valence electrons. The summed E-state index contributed by atoms with van der Waals surface area (Å²) in [6, 6.07) is 11.6. The van der Waals surface area contributed by atoms with Gasteiger partial charge in [0, 0.05) is 45.3 Å². The molecule has 3 fully saturated rings. The summed E-state index contributed by atoms with van der Waals surface area (Å²) >= 11 is 0. The number of nitrogens with zero attached hydrogens (tertiary/aromatic N) is 3. The summed E-state index contributed by atoms with van der Waals surface area (Å²) < 4.78 is 5.50. The maximum atomic E-state index is 5.50. The molecule has 0 amide bonds. The fourth-order valence-electron chi connectivity index (χ4n) is 4.36. The van der Waals surface area contributed by atoms with Crippen LogP contribution in [-0.2, 0) is 4.74 Å². The second-order valence-electron chi connectivity index (χ2n) is 7.74. The lowest BCUT2D eigenvalue weighted by molar-refractivity contribution is 0.0195. The van der Waals surface area contributed by atoms with Crippen LogP contribution >= 0.6 is 24.0 Å². The first kappa shape index (κ1) is 20.9. The quantitative estimate of drug-likeness (QED) is 0.397. The Morgan fingerprint density at radius 3 is 2.70 bits per heavy atom. The monoisotopic (exact) mass is 484 g/mol. The van der Waals surface area contributed by atoms with E-state index in [1.807, 2.05) is 0 Å². The second-order valence-corrected chi connectivity index (χ2v) is 7.74. The van der Waals surface area contributed by atoms with Crippen molar-refractivity contribution in [2.24, 2.45) is 10.9 Å². The highest BCUT2D eigenvalue weighted by Crippen LogP contribution is 2.47. The summed E-state index contributed by atoms with van der Waals surface area (Å²) in [7, 11) is 0. The number of hydrogen-bond acceptors (Lipinski definition) is 3. The van der Waals surface area contributed by atoms with Crippen LogP contribution in [-0.4, -0.2) is 74.3 Å². The van der Waals surface area contributed by atoms with E-state index in [0.29, 0.717) is 17.9 Å². The van der Waals surface area contributed by atoms with Crippen molar-refractivity contribution in [1.82, 2.24) is 15.1 Å². The molecule has 2 heterocycles. The van der Waals surface area contributed by atoms with E-state index < -0.39 is 0 Å². The lowest BCUT2D eigenvalue weighted by atomic mass is 10.1. The summed E-state index contributed by atoms with van der Waals surface area (Å²) in [4.78, 5) is 10.1. The third-order valence-electron chi connectivity index (χ3n) is 5.99. The molecule has 0 spiro atoms. The maximum absolute atomic E-state index is 5.50. The van der Waals surface area contributed by atoms with Gasteiger partial charge in [-0.3, -0.25) is 9.89 Å². The van der Waals surface area contributed by atoms with Crippen molar-refractivity contribution in [3.8, 4) is 0 Å². The predicted octanol–water partition coefficient (Wildman–Crippen LogP) is 2.78. The molecule has 1 aromatic carbocycles. The van der Waals surface area contributed by atoms with Crippen molar-refractivity contribution in [1.29, 1.82) is 0 Å². The Labute approximate surface area is 180 Å². The molecule has 27 heavy (non-hydrogen) atoms. The van der Waals surface area contributed by atoms with E-state index in [2.05, 4.69) is 52.4 Å². The molecule has 1 saturated carbocycles. The van der Waals surface area contributed by atoms with Crippen molar-refractivity contribution in [2.45, 2.75) is 31.7 Å². The van der Waals surface area contributed by atoms with Gasteiger partial charge in [-0.2, -0.15) is 0 Å². The number of aliphatic imine (C=N–C) groups is 1. The minimum atomic E-state index is 0. The van der Waals surface area contributed by atoms with Gasteiger partial charge in [0.1, 0.15) is 0 Å². The Morgan fingerprint density at radius 2 is 1.96 bits per heavy atom. The summed E-state index contributed by atoms with van der Waals surface area (Å²) in [6.07, 6.45) is 2.52. The van der Waals surface area contributed by atoms with Crippen LogP contribution in [0.3, 0.4) is 0 Å². The molecule has 1 N–H and O–H groups in total. The molecular formula is C21H33IN4O. The van der Waals surface area contributed by atoms with Gasteiger partial charge in [-0.1, -0.05) is 30.3 Å². The van der Waals surface area contributed by atoms with Crippen molar-refractivity contribution in [3.63, 3.8) is 0 Å². The molecule has 3 atom stereocenters. The molecule has 6 heteroatoms. The van der Waals surface area contributed by atoms with Gasteiger partial charge in [0.05, 0.1) is 13.2 Å². The van der Waals surface area contributed by atoms with E-state index in [1.54, 1.807) is 0 Å². The van der Waals surface area contributed by atoms with Crippen molar-refractivity contribution < 1.29 is 4.74 Å². The van der Waals surface area contributed by atoms with Gasteiger partial charge in [-0.25, -0.2) is 0 Å². The van der Waals surface area contributed by atoms with Crippen LogP contribution in [0.5, 0.6) is 0 Å². The van der Waals surface area contributed by atoms with Gasteiger partial charge in [0.15, 0.2) is 5.96 Å². The Morgan fingerprint density at radius 1 is 1.19 bits per heavy atom. The van der Waals surface area contributed by atoms with E-state index >= 15 is 0 Å². The van der Waals surface area contributed by atoms with Gasteiger partial charge in [0.25, 0.3) is 0 Å². The van der Waals surface area contributed by atoms with Crippen LogP contribution < -0.4 is 5.32 Å². The number of ether oxygens (including phenoxy) is 1. The van der Waals surface area contributed by atoms with Crippen LogP contribution in [0.4, 0.5) is 0 Å². The van der Waals surface area contributed by atoms with Crippen molar-refractivity contribution >= 4 is 29.9 Å². The Hall–Kier alpha value is -0.860. The number of hydrogen-bond donors (Lipinski definition) is 1. The number of guanidine groups is 1. The van der Waals surface area contributed by atoms with E-state index in [4.69, 9.17) is 9.73 Å². The van der Waals surface area contributed by atoms with E-state index in [0.717, 1.165) is 58.4 Å². The van der Waals surface area contributed by atoms with Crippen LogP contribution in [0.1, 0.15) is 31.2 Å². The molecule has 5 nitrogen and oxygen atoms in total. The zero-order chi connectivity index (χ0) is 17.8. The lowest BCUT2D eigenvalue weighted by Gasteiger charge is -2.32. The SMILES string of the molecule is CCNC(=NCC1CC1c1ccccc1)N1CCC(N2CCOCC2)C1.I. The van der Waals surface area contributed by atoms with Crippen molar-refractivity contribution in [2.75, 3.05) is 52.5 Å². The highest BCUT2D eigenvalue weighted by molar-refractivity contribution is 14.0. The first-order valence-electron chi connectivity index (χ1n) is 10.2. The molecule has 1 aromatic rings. The van der Waals surface area contributed by atoms with Crippen LogP contribution in [0.25, 0.3) is 0 Å². The highest BCUT2D eigenvalue weighted by atomic mass is 127. The van der Waals surface area contributed by atoms with Gasteiger partial charge in [-0.15, -0.1) is 24.0 Å². The average molecular weight is 484 g/mol. The number of morpholine rings is 1. The van der Waals surface area contributed by atoms with Gasteiger partial charge in [-0.05, 0) is 37.2 Å². The summed E-state index contributed by atoms with van der Waals surface area (Å²) in [6.45, 7) is 10.2. The third kappa shape index (κ3) is 5.35. The zero-order valence-electron chi connectivity index (χ0n) is 16.3. The van der Waals surface area contributed by atoms with Gasteiger partial charge in [0.2, 0.25) is 0 Å². The molecule has 2 aliphatic heterocycles. The molecule has 1 aliphatic carbocycles. The van der Waals surface area contributed by atoms with E-state index in [-0.39, 0.29) is 24.0 Å². The first-order valence-corrected chi connectivity index (χ1v) is 10.2. The normalized spacial score (nSPS) is 28.7. The molecular weight excluding hydrogens is 451 g/mol. The fraction of sp³-hybridized carbons (Fsp3) is 0.667. The molecule has 3 aliphatic rings. The molecule has 3 unspecified atom stereocenters. The van der Waals surface area contributed by atoms with Crippen LogP contribution in [0.2, 0.25) is 0 Å². The highest BCUT2D eigenvalue weighted by Gasteiger charge is 2.38. The fourth-order valence-corrected chi connectivity index (χ4v) is 4.36. The molecule has 0 radical (unpaired) electrons. The molecule has 0 aromatic heterocycles. The van der Waals surface area contributed by atoms with E-state index in [9.17, 15) is 0 Å². The Balaban J connectivity index is 0.00000210. The largest absolute Gasteiger partial charge is 0.379 e. The standard InChI is InChI=1S/C21H32N4O.HI/c1-2-22-21(23-15-18-14-20(18)17-6-4-3-5-7-17)25-9-8-19(16-25)24-10-12-26-13-11-24;/h3-7,18-20H,2,8-16H2,1H3,(H,22,23);1H. The number of halogens is 1. The smallest absolute Gasteiger partial charge is 0.193 e. The average Bonchev–Trinajstić information content (AvgIpc) is 3.31. The number of nitrogens with one attached hydrogen (secondary N) is 1. The molecule has 0 bridgehead atoms. The summed E-state index contributed by atoms with van der Waals surface area (Å²) in [5.41, 5.74) is 1.48. The van der Waals surface area contributed by atoms with Crippen LogP contribution in [0.15, 0.2) is 35.3 Å². The van der Waals surface area contributed by atoms with Crippen LogP contribution in [0, 0.1) is 5.92 Å². The Kier molecular flexibility index (Phi) is 7.78. The lowest BCUT2D eigenvalue weighted by Crippen LogP contribution is -2.46. The topological polar surface area (TPSA) is 40.1 Å². The summed E-state index contributed by atoms with van der Waals surface area (Å²) in [5.74, 6) is 2.54. The zero-order valence-corrected chi connectivity index (χ0v) is 18.7.